The zero-order valence-electron chi connectivity index (χ0n) is 11.3. The minimum Gasteiger partial charge on any atom is -0.367 e. The van der Waals surface area contributed by atoms with Gasteiger partial charge in [-0.25, -0.2) is 5.43 Å². The largest absolute Gasteiger partial charge is 0.367 e. The van der Waals surface area contributed by atoms with E-state index in [4.69, 9.17) is 4.74 Å². The Kier molecular flexibility index (Phi) is 5.10. The van der Waals surface area contributed by atoms with Gasteiger partial charge in [-0.15, -0.1) is 0 Å². The van der Waals surface area contributed by atoms with E-state index < -0.39 is 6.10 Å². The van der Waals surface area contributed by atoms with Gasteiger partial charge >= 0.3 is 0 Å². The summed E-state index contributed by atoms with van der Waals surface area (Å²) in [6.07, 6.45) is 4.97. The number of nitrogens with one attached hydrogen (secondary N) is 1. The second-order valence-electron chi connectivity index (χ2n) is 4.74. The summed E-state index contributed by atoms with van der Waals surface area (Å²) in [5.41, 5.74) is 4.55. The van der Waals surface area contributed by atoms with Gasteiger partial charge in [0, 0.05) is 12.8 Å². The molecule has 2 rings (SSSR count). The minimum atomic E-state index is -0.603. The lowest BCUT2D eigenvalue weighted by atomic mass is 9.99. The Morgan fingerprint density at radius 2 is 1.89 bits per heavy atom. The molecule has 0 radical (unpaired) electrons. The molecule has 1 aliphatic rings. The van der Waals surface area contributed by atoms with Crippen LogP contribution in [0.25, 0.3) is 0 Å². The zero-order valence-corrected chi connectivity index (χ0v) is 11.3. The van der Waals surface area contributed by atoms with Crippen molar-refractivity contribution in [2.24, 2.45) is 5.10 Å². The number of hydrogen-bond acceptors (Lipinski definition) is 3. The van der Waals surface area contributed by atoms with E-state index in [-0.39, 0.29) is 5.91 Å². The van der Waals surface area contributed by atoms with Crippen molar-refractivity contribution in [3.05, 3.63) is 35.9 Å². The topological polar surface area (TPSA) is 50.7 Å². The Balaban J connectivity index is 1.97. The van der Waals surface area contributed by atoms with Gasteiger partial charge in [0.1, 0.15) is 0 Å². The third kappa shape index (κ3) is 3.89. The third-order valence-corrected chi connectivity index (χ3v) is 3.33. The second-order valence-corrected chi connectivity index (χ2v) is 4.74. The van der Waals surface area contributed by atoms with E-state index in [2.05, 4.69) is 10.5 Å². The molecule has 4 nitrogen and oxygen atoms in total. The molecule has 1 atom stereocenters. The molecule has 0 saturated heterocycles. The Hall–Kier alpha value is -1.68. The summed E-state index contributed by atoms with van der Waals surface area (Å²) < 4.78 is 5.26. The molecule has 0 aliphatic heterocycles. The number of carbonyl (C=O) groups is 1. The van der Waals surface area contributed by atoms with Gasteiger partial charge < -0.3 is 4.74 Å². The van der Waals surface area contributed by atoms with Crippen LogP contribution in [0.3, 0.4) is 0 Å². The van der Waals surface area contributed by atoms with Gasteiger partial charge in [-0.2, -0.15) is 5.10 Å². The Labute approximate surface area is 113 Å². The van der Waals surface area contributed by atoms with Crippen LogP contribution in [0.5, 0.6) is 0 Å². The molecule has 0 spiro atoms. The van der Waals surface area contributed by atoms with Crippen molar-refractivity contribution < 1.29 is 9.53 Å². The van der Waals surface area contributed by atoms with Crippen LogP contribution in [-0.4, -0.2) is 18.7 Å². The molecule has 1 fully saturated rings. The van der Waals surface area contributed by atoms with Crippen LogP contribution in [0.1, 0.15) is 43.8 Å². The van der Waals surface area contributed by atoms with E-state index in [1.165, 1.54) is 26.4 Å². The van der Waals surface area contributed by atoms with Gasteiger partial charge in [-0.1, -0.05) is 36.8 Å². The average Bonchev–Trinajstić information content (AvgIpc) is 2.48. The molecule has 4 heteroatoms. The first-order chi connectivity index (χ1) is 9.31. The second kappa shape index (κ2) is 7.04. The van der Waals surface area contributed by atoms with Crippen molar-refractivity contribution in [3.8, 4) is 0 Å². The summed E-state index contributed by atoms with van der Waals surface area (Å²) in [5, 5.41) is 4.21. The van der Waals surface area contributed by atoms with E-state index in [0.29, 0.717) is 0 Å². The van der Waals surface area contributed by atoms with Crippen molar-refractivity contribution in [2.45, 2.75) is 38.2 Å². The molecule has 1 saturated carbocycles. The first-order valence-corrected chi connectivity index (χ1v) is 6.74. The molecule has 0 unspecified atom stereocenters. The van der Waals surface area contributed by atoms with Crippen LogP contribution in [0.15, 0.2) is 35.4 Å². The maximum atomic E-state index is 12.1. The van der Waals surface area contributed by atoms with E-state index in [1.54, 1.807) is 0 Å². The number of amides is 1. The smallest absolute Gasteiger partial charge is 0.273 e. The molecule has 1 aromatic rings. The highest BCUT2D eigenvalue weighted by molar-refractivity contribution is 5.88. The zero-order chi connectivity index (χ0) is 13.5. The predicted octanol–water partition coefficient (Wildman–Crippen LogP) is 2.81. The molecule has 0 heterocycles. The Morgan fingerprint density at radius 3 is 2.53 bits per heavy atom. The maximum Gasteiger partial charge on any atom is 0.273 e. The number of hydrogen-bond donors (Lipinski definition) is 1. The minimum absolute atomic E-state index is 0.216. The molecule has 0 bridgehead atoms. The maximum absolute atomic E-state index is 12.1. The van der Waals surface area contributed by atoms with Gasteiger partial charge in [-0.05, 0) is 31.2 Å². The van der Waals surface area contributed by atoms with Gasteiger partial charge in [0.15, 0.2) is 6.10 Å². The highest BCUT2D eigenvalue weighted by atomic mass is 16.5. The van der Waals surface area contributed by atoms with E-state index in [0.717, 1.165) is 24.1 Å². The van der Waals surface area contributed by atoms with Crippen LogP contribution in [0.2, 0.25) is 0 Å². The SMILES string of the molecule is CO[C@@H](C(=O)NN=C1CCCCC1)c1ccccc1. The summed E-state index contributed by atoms with van der Waals surface area (Å²) in [6.45, 7) is 0. The summed E-state index contributed by atoms with van der Waals surface area (Å²) in [5.74, 6) is -0.216. The number of carbonyl (C=O) groups excluding carboxylic acids is 1. The monoisotopic (exact) mass is 260 g/mol. The molecular weight excluding hydrogens is 240 g/mol. The van der Waals surface area contributed by atoms with Gasteiger partial charge in [0.25, 0.3) is 5.91 Å². The van der Waals surface area contributed by atoms with Crippen LogP contribution < -0.4 is 5.43 Å². The fraction of sp³-hybridized carbons (Fsp3) is 0.467. The van der Waals surface area contributed by atoms with Crippen molar-refractivity contribution in [3.63, 3.8) is 0 Å². The Bertz CT molecular complexity index is 435. The lowest BCUT2D eigenvalue weighted by Gasteiger charge is -2.15. The number of rotatable bonds is 4. The summed E-state index contributed by atoms with van der Waals surface area (Å²) in [7, 11) is 1.53. The number of benzene rings is 1. The Morgan fingerprint density at radius 1 is 1.21 bits per heavy atom. The first-order valence-electron chi connectivity index (χ1n) is 6.74. The summed E-state index contributed by atoms with van der Waals surface area (Å²) in [6, 6.07) is 9.45. The van der Waals surface area contributed by atoms with Crippen molar-refractivity contribution in [2.75, 3.05) is 7.11 Å². The standard InChI is InChI=1S/C15H20N2O2/c1-19-14(12-8-4-2-5-9-12)15(18)17-16-13-10-6-3-7-11-13/h2,4-5,8-9,14H,3,6-7,10-11H2,1H3,(H,17,18)/t14-/m1/s1. The normalized spacial score (nSPS) is 16.8. The first kappa shape index (κ1) is 13.7. The van der Waals surface area contributed by atoms with Crippen molar-refractivity contribution in [1.82, 2.24) is 5.43 Å². The lowest BCUT2D eigenvalue weighted by Crippen LogP contribution is -2.27. The fourth-order valence-corrected chi connectivity index (χ4v) is 2.29. The van der Waals surface area contributed by atoms with E-state index in [9.17, 15) is 4.79 Å². The van der Waals surface area contributed by atoms with Gasteiger partial charge in [-0.3, -0.25) is 4.79 Å². The van der Waals surface area contributed by atoms with Crippen LogP contribution >= 0.6 is 0 Å². The summed E-state index contributed by atoms with van der Waals surface area (Å²) >= 11 is 0. The predicted molar refractivity (Wildman–Crippen MR) is 74.9 cm³/mol. The highest BCUT2D eigenvalue weighted by Crippen LogP contribution is 2.17. The molecule has 102 valence electrons. The number of nitrogens with zero attached hydrogens (tertiary/aromatic N) is 1. The third-order valence-electron chi connectivity index (χ3n) is 3.33. The quantitative estimate of drug-likeness (QED) is 0.846. The highest BCUT2D eigenvalue weighted by Gasteiger charge is 2.19. The van der Waals surface area contributed by atoms with E-state index >= 15 is 0 Å². The summed E-state index contributed by atoms with van der Waals surface area (Å²) in [4.78, 5) is 12.1. The molecule has 1 N–H and O–H groups in total. The van der Waals surface area contributed by atoms with Crippen LogP contribution in [0.4, 0.5) is 0 Å². The van der Waals surface area contributed by atoms with Crippen molar-refractivity contribution in [1.29, 1.82) is 0 Å². The molecule has 19 heavy (non-hydrogen) atoms. The van der Waals surface area contributed by atoms with Crippen LogP contribution in [-0.2, 0) is 9.53 Å². The molecule has 1 aliphatic carbocycles. The fourth-order valence-electron chi connectivity index (χ4n) is 2.29. The van der Waals surface area contributed by atoms with Gasteiger partial charge in [0.2, 0.25) is 0 Å². The lowest BCUT2D eigenvalue weighted by molar-refractivity contribution is -0.131. The molecule has 1 aromatic carbocycles. The number of ether oxygens (including phenoxy) is 1. The average molecular weight is 260 g/mol. The number of methoxy groups -OCH3 is 1. The molecule has 1 amide bonds. The van der Waals surface area contributed by atoms with Crippen molar-refractivity contribution >= 4 is 11.6 Å². The van der Waals surface area contributed by atoms with Crippen LogP contribution in [0, 0.1) is 0 Å². The number of hydrazone groups is 1. The molecule has 0 aromatic heterocycles. The molecular formula is C15H20N2O2. The van der Waals surface area contributed by atoms with E-state index in [1.807, 2.05) is 30.3 Å². The van der Waals surface area contributed by atoms with Gasteiger partial charge in [0.05, 0.1) is 0 Å².